The zero-order valence-electron chi connectivity index (χ0n) is 14.5. The van der Waals surface area contributed by atoms with Gasteiger partial charge in [-0.05, 0) is 18.8 Å². The van der Waals surface area contributed by atoms with Crippen LogP contribution in [0, 0.1) is 11.8 Å². The van der Waals surface area contributed by atoms with Gasteiger partial charge in [0, 0.05) is 6.42 Å². The molecule has 0 aromatic rings. The van der Waals surface area contributed by atoms with Gasteiger partial charge in [0.05, 0.1) is 5.92 Å². The summed E-state index contributed by atoms with van der Waals surface area (Å²) in [5, 5.41) is 17.6. The standard InChI is InChI=1S/C17H32O4.2ClH/c1-14(2)15(17(20)21)12-10-8-6-4-3-5-7-9-11-13-16(18)19;;/h14-15H,3-13H2,1-2H3,(H,18,19)(H,20,21);2*1H. The van der Waals surface area contributed by atoms with Crippen molar-refractivity contribution >= 4 is 36.8 Å². The molecule has 0 saturated carbocycles. The lowest BCUT2D eigenvalue weighted by molar-refractivity contribution is -0.143. The molecule has 140 valence electrons. The van der Waals surface area contributed by atoms with Crippen molar-refractivity contribution in [2.45, 2.75) is 84.5 Å². The monoisotopic (exact) mass is 372 g/mol. The largest absolute Gasteiger partial charge is 0.481 e. The first-order chi connectivity index (χ1) is 9.95. The predicted octanol–water partition coefficient (Wildman–Crippen LogP) is 5.56. The molecule has 0 rings (SSSR count). The fourth-order valence-corrected chi connectivity index (χ4v) is 2.62. The quantitative estimate of drug-likeness (QED) is 0.391. The molecule has 0 bridgehead atoms. The molecule has 0 aliphatic heterocycles. The van der Waals surface area contributed by atoms with Gasteiger partial charge in [0.2, 0.25) is 0 Å². The van der Waals surface area contributed by atoms with E-state index in [1.807, 2.05) is 13.8 Å². The lowest BCUT2D eigenvalue weighted by Gasteiger charge is -2.15. The van der Waals surface area contributed by atoms with E-state index in [-0.39, 0.29) is 36.6 Å². The van der Waals surface area contributed by atoms with Crippen LogP contribution >= 0.6 is 24.8 Å². The third kappa shape index (κ3) is 17.7. The zero-order valence-corrected chi connectivity index (χ0v) is 16.1. The third-order valence-electron chi connectivity index (χ3n) is 4.03. The van der Waals surface area contributed by atoms with E-state index in [1.54, 1.807) is 0 Å². The molecule has 0 saturated heterocycles. The van der Waals surface area contributed by atoms with Gasteiger partial charge < -0.3 is 10.2 Å². The van der Waals surface area contributed by atoms with E-state index in [4.69, 9.17) is 10.2 Å². The van der Waals surface area contributed by atoms with E-state index in [1.165, 1.54) is 25.7 Å². The minimum atomic E-state index is -0.698. The molecule has 0 spiro atoms. The Morgan fingerprint density at radius 1 is 0.739 bits per heavy atom. The fourth-order valence-electron chi connectivity index (χ4n) is 2.62. The molecular weight excluding hydrogens is 339 g/mol. The van der Waals surface area contributed by atoms with Crippen LogP contribution in [0.25, 0.3) is 0 Å². The molecular formula is C17H34Cl2O4. The summed E-state index contributed by atoms with van der Waals surface area (Å²) in [7, 11) is 0. The second-order valence-electron chi connectivity index (χ2n) is 6.30. The molecule has 1 unspecified atom stereocenters. The van der Waals surface area contributed by atoms with Gasteiger partial charge in [-0.15, -0.1) is 24.8 Å². The van der Waals surface area contributed by atoms with Crippen LogP contribution in [0.5, 0.6) is 0 Å². The smallest absolute Gasteiger partial charge is 0.306 e. The maximum Gasteiger partial charge on any atom is 0.306 e. The molecule has 0 amide bonds. The van der Waals surface area contributed by atoms with Gasteiger partial charge >= 0.3 is 11.9 Å². The highest BCUT2D eigenvalue weighted by atomic mass is 35.5. The maximum atomic E-state index is 11.0. The molecule has 0 aliphatic rings. The topological polar surface area (TPSA) is 74.6 Å². The molecule has 0 aromatic carbocycles. The van der Waals surface area contributed by atoms with E-state index in [0.717, 1.165) is 38.5 Å². The van der Waals surface area contributed by atoms with Crippen molar-refractivity contribution in [1.82, 2.24) is 0 Å². The average molecular weight is 373 g/mol. The fraction of sp³-hybridized carbons (Fsp3) is 0.882. The Morgan fingerprint density at radius 2 is 1.13 bits per heavy atom. The Hall–Kier alpha value is -0.480. The summed E-state index contributed by atoms with van der Waals surface area (Å²) in [6.07, 6.45) is 10.9. The SMILES string of the molecule is CC(C)C(CCCCCCCCCCCC(=O)O)C(=O)O.Cl.Cl. The van der Waals surface area contributed by atoms with Crippen LogP contribution in [0.4, 0.5) is 0 Å². The minimum Gasteiger partial charge on any atom is -0.481 e. The second-order valence-corrected chi connectivity index (χ2v) is 6.30. The average Bonchev–Trinajstić information content (AvgIpc) is 2.38. The number of hydrogen-bond donors (Lipinski definition) is 2. The Balaban J connectivity index is -0.00000200. The van der Waals surface area contributed by atoms with E-state index in [0.29, 0.717) is 6.42 Å². The van der Waals surface area contributed by atoms with Crippen LogP contribution in [0.3, 0.4) is 0 Å². The molecule has 1 atom stereocenters. The summed E-state index contributed by atoms with van der Waals surface area (Å²) in [5.74, 6) is -1.34. The van der Waals surface area contributed by atoms with Crippen LogP contribution < -0.4 is 0 Å². The number of unbranched alkanes of at least 4 members (excludes halogenated alkanes) is 8. The van der Waals surface area contributed by atoms with Gasteiger partial charge in [-0.25, -0.2) is 0 Å². The lowest BCUT2D eigenvalue weighted by Crippen LogP contribution is -2.19. The highest BCUT2D eigenvalue weighted by Gasteiger charge is 2.20. The highest BCUT2D eigenvalue weighted by Crippen LogP contribution is 2.20. The van der Waals surface area contributed by atoms with Gasteiger partial charge in [0.1, 0.15) is 0 Å². The first-order valence-electron chi connectivity index (χ1n) is 8.39. The van der Waals surface area contributed by atoms with Crippen molar-refractivity contribution < 1.29 is 19.8 Å². The van der Waals surface area contributed by atoms with Gasteiger partial charge in [0.25, 0.3) is 0 Å². The molecule has 0 radical (unpaired) electrons. The van der Waals surface area contributed by atoms with Gasteiger partial charge in [-0.3, -0.25) is 9.59 Å². The molecule has 0 fully saturated rings. The maximum absolute atomic E-state index is 11.0. The predicted molar refractivity (Wildman–Crippen MR) is 98.9 cm³/mol. The van der Waals surface area contributed by atoms with E-state index >= 15 is 0 Å². The lowest BCUT2D eigenvalue weighted by atomic mass is 9.90. The summed E-state index contributed by atoms with van der Waals surface area (Å²) >= 11 is 0. The Bertz CT molecular complexity index is 296. The van der Waals surface area contributed by atoms with E-state index in [9.17, 15) is 9.59 Å². The van der Waals surface area contributed by atoms with Crippen molar-refractivity contribution in [2.24, 2.45) is 11.8 Å². The van der Waals surface area contributed by atoms with Gasteiger partial charge in [0.15, 0.2) is 0 Å². The van der Waals surface area contributed by atoms with Crippen LogP contribution in [-0.2, 0) is 9.59 Å². The van der Waals surface area contributed by atoms with Crippen LogP contribution in [0.1, 0.15) is 84.5 Å². The van der Waals surface area contributed by atoms with Crippen molar-refractivity contribution in [1.29, 1.82) is 0 Å². The molecule has 0 heterocycles. The number of hydrogen-bond acceptors (Lipinski definition) is 2. The number of aliphatic carboxylic acids is 2. The minimum absolute atomic E-state index is 0. The van der Waals surface area contributed by atoms with Crippen molar-refractivity contribution in [3.8, 4) is 0 Å². The number of carbonyl (C=O) groups is 2. The van der Waals surface area contributed by atoms with Crippen LogP contribution in [0.2, 0.25) is 0 Å². The van der Waals surface area contributed by atoms with Crippen LogP contribution in [-0.4, -0.2) is 22.2 Å². The summed E-state index contributed by atoms with van der Waals surface area (Å²) < 4.78 is 0. The molecule has 2 N–H and O–H groups in total. The summed E-state index contributed by atoms with van der Waals surface area (Å²) in [6.45, 7) is 3.95. The van der Waals surface area contributed by atoms with Gasteiger partial charge in [-0.2, -0.15) is 0 Å². The number of halogens is 2. The Labute approximate surface area is 153 Å². The highest BCUT2D eigenvalue weighted by molar-refractivity contribution is 5.85. The number of carboxylic acid groups (broad SMARTS) is 2. The van der Waals surface area contributed by atoms with E-state index in [2.05, 4.69) is 0 Å². The molecule has 23 heavy (non-hydrogen) atoms. The zero-order chi connectivity index (χ0) is 16.1. The first kappa shape index (κ1) is 27.4. The number of rotatable bonds is 14. The summed E-state index contributed by atoms with van der Waals surface area (Å²) in [4.78, 5) is 21.4. The summed E-state index contributed by atoms with van der Waals surface area (Å²) in [6, 6.07) is 0. The first-order valence-corrected chi connectivity index (χ1v) is 8.39. The van der Waals surface area contributed by atoms with Gasteiger partial charge in [-0.1, -0.05) is 65.2 Å². The van der Waals surface area contributed by atoms with Crippen molar-refractivity contribution in [2.75, 3.05) is 0 Å². The Kier molecular flexibility index (Phi) is 21.3. The molecule has 0 aliphatic carbocycles. The second kappa shape index (κ2) is 17.9. The van der Waals surface area contributed by atoms with E-state index < -0.39 is 11.9 Å². The van der Waals surface area contributed by atoms with Crippen molar-refractivity contribution in [3.63, 3.8) is 0 Å². The van der Waals surface area contributed by atoms with Crippen LogP contribution in [0.15, 0.2) is 0 Å². The molecule has 6 heteroatoms. The molecule has 4 nitrogen and oxygen atoms in total. The third-order valence-corrected chi connectivity index (χ3v) is 4.03. The normalized spacial score (nSPS) is 11.4. The Morgan fingerprint density at radius 3 is 1.48 bits per heavy atom. The van der Waals surface area contributed by atoms with Crippen molar-refractivity contribution in [3.05, 3.63) is 0 Å². The molecule has 0 aromatic heterocycles. The number of carboxylic acids is 2. The summed E-state index contributed by atoms with van der Waals surface area (Å²) in [5.41, 5.74) is 0.